The van der Waals surface area contributed by atoms with Crippen molar-refractivity contribution in [1.82, 2.24) is 4.90 Å². The van der Waals surface area contributed by atoms with E-state index in [0.29, 0.717) is 6.54 Å². The van der Waals surface area contributed by atoms with Crippen molar-refractivity contribution in [2.45, 2.75) is 31.7 Å². The van der Waals surface area contributed by atoms with Gasteiger partial charge in [0.15, 0.2) is 0 Å². The second-order valence-electron chi connectivity index (χ2n) is 3.49. The zero-order valence-electron chi connectivity index (χ0n) is 8.11. The number of carbonyl (C=O) groups excluding carboxylic acids is 1. The normalized spacial score (nSPS) is 16.6. The SMILES string of the molecule is C=CCN(C(=O)C(=O)O)C1CCCC1. The molecule has 0 radical (unpaired) electrons. The van der Waals surface area contributed by atoms with Gasteiger partial charge in [0.1, 0.15) is 0 Å². The molecule has 0 heterocycles. The lowest BCUT2D eigenvalue weighted by atomic mass is 10.2. The monoisotopic (exact) mass is 197 g/mol. The fourth-order valence-electron chi connectivity index (χ4n) is 1.88. The topological polar surface area (TPSA) is 57.6 Å². The molecule has 4 heteroatoms. The van der Waals surface area contributed by atoms with Crippen LogP contribution in [0, 0.1) is 0 Å². The molecule has 0 aliphatic heterocycles. The number of aliphatic carboxylic acids is 1. The van der Waals surface area contributed by atoms with Crippen molar-refractivity contribution in [1.29, 1.82) is 0 Å². The van der Waals surface area contributed by atoms with Gasteiger partial charge < -0.3 is 10.0 Å². The van der Waals surface area contributed by atoms with Crippen LogP contribution in [0.1, 0.15) is 25.7 Å². The van der Waals surface area contributed by atoms with Gasteiger partial charge in [-0.3, -0.25) is 4.79 Å². The van der Waals surface area contributed by atoms with E-state index in [4.69, 9.17) is 5.11 Å². The molecule has 1 rings (SSSR count). The van der Waals surface area contributed by atoms with Gasteiger partial charge in [-0.15, -0.1) is 6.58 Å². The van der Waals surface area contributed by atoms with Crippen LogP contribution in [0.15, 0.2) is 12.7 Å². The number of hydrogen-bond donors (Lipinski definition) is 1. The van der Waals surface area contributed by atoms with Gasteiger partial charge in [0.05, 0.1) is 0 Å². The lowest BCUT2D eigenvalue weighted by Crippen LogP contribution is -2.42. The van der Waals surface area contributed by atoms with Gasteiger partial charge in [-0.25, -0.2) is 4.79 Å². The lowest BCUT2D eigenvalue weighted by Gasteiger charge is -2.25. The molecule has 1 saturated carbocycles. The summed E-state index contributed by atoms with van der Waals surface area (Å²) in [4.78, 5) is 23.3. The minimum atomic E-state index is -1.38. The molecule has 78 valence electrons. The highest BCUT2D eigenvalue weighted by atomic mass is 16.4. The van der Waals surface area contributed by atoms with Crippen LogP contribution >= 0.6 is 0 Å². The molecule has 1 amide bonds. The molecule has 0 aromatic heterocycles. The molecule has 4 nitrogen and oxygen atoms in total. The molecule has 1 fully saturated rings. The van der Waals surface area contributed by atoms with Gasteiger partial charge in [-0.2, -0.15) is 0 Å². The van der Waals surface area contributed by atoms with Crippen molar-refractivity contribution in [2.24, 2.45) is 0 Å². The number of rotatable bonds is 3. The third-order valence-electron chi connectivity index (χ3n) is 2.54. The average Bonchev–Trinajstić information content (AvgIpc) is 2.65. The molecule has 0 atom stereocenters. The summed E-state index contributed by atoms with van der Waals surface area (Å²) in [6.45, 7) is 3.86. The summed E-state index contributed by atoms with van der Waals surface area (Å²) in [5.41, 5.74) is 0. The van der Waals surface area contributed by atoms with Crippen molar-refractivity contribution in [3.8, 4) is 0 Å². The number of carboxylic acids is 1. The smallest absolute Gasteiger partial charge is 0.394 e. The Morgan fingerprint density at radius 1 is 1.43 bits per heavy atom. The van der Waals surface area contributed by atoms with E-state index < -0.39 is 11.9 Å². The van der Waals surface area contributed by atoms with E-state index in [-0.39, 0.29) is 6.04 Å². The van der Waals surface area contributed by atoms with Crippen LogP contribution in [-0.2, 0) is 9.59 Å². The van der Waals surface area contributed by atoms with E-state index in [1.54, 1.807) is 6.08 Å². The molecule has 0 aromatic carbocycles. The number of hydrogen-bond acceptors (Lipinski definition) is 2. The molecular weight excluding hydrogens is 182 g/mol. The molecule has 0 spiro atoms. The molecule has 0 unspecified atom stereocenters. The van der Waals surface area contributed by atoms with E-state index in [9.17, 15) is 9.59 Å². The molecule has 14 heavy (non-hydrogen) atoms. The third kappa shape index (κ3) is 2.34. The molecule has 1 aliphatic rings. The van der Waals surface area contributed by atoms with Crippen LogP contribution in [0.5, 0.6) is 0 Å². The Morgan fingerprint density at radius 3 is 2.43 bits per heavy atom. The molecule has 1 aliphatic carbocycles. The highest BCUT2D eigenvalue weighted by Crippen LogP contribution is 2.23. The van der Waals surface area contributed by atoms with E-state index in [1.165, 1.54) is 4.90 Å². The van der Waals surface area contributed by atoms with Crippen molar-refractivity contribution >= 4 is 11.9 Å². The first-order valence-electron chi connectivity index (χ1n) is 4.81. The zero-order valence-corrected chi connectivity index (χ0v) is 8.11. The summed E-state index contributed by atoms with van der Waals surface area (Å²) in [6.07, 6.45) is 5.54. The Kier molecular flexibility index (Phi) is 3.68. The number of carbonyl (C=O) groups is 2. The highest BCUT2D eigenvalue weighted by Gasteiger charge is 2.29. The Morgan fingerprint density at radius 2 is 2.00 bits per heavy atom. The first-order chi connectivity index (χ1) is 6.66. The maximum atomic E-state index is 11.3. The molecule has 0 bridgehead atoms. The zero-order chi connectivity index (χ0) is 10.6. The largest absolute Gasteiger partial charge is 0.474 e. The van der Waals surface area contributed by atoms with Crippen LogP contribution in [0.3, 0.4) is 0 Å². The summed E-state index contributed by atoms with van der Waals surface area (Å²) in [5.74, 6) is -2.18. The van der Waals surface area contributed by atoms with Gasteiger partial charge >= 0.3 is 11.9 Å². The Bertz CT molecular complexity index is 244. The van der Waals surface area contributed by atoms with E-state index in [1.807, 2.05) is 0 Å². The van der Waals surface area contributed by atoms with Gasteiger partial charge in [-0.05, 0) is 12.8 Å². The first-order valence-corrected chi connectivity index (χ1v) is 4.81. The highest BCUT2D eigenvalue weighted by molar-refractivity contribution is 6.31. The van der Waals surface area contributed by atoms with Crippen LogP contribution in [0.4, 0.5) is 0 Å². The minimum absolute atomic E-state index is 0.0941. The van der Waals surface area contributed by atoms with Crippen molar-refractivity contribution < 1.29 is 14.7 Å². The first kappa shape index (κ1) is 10.8. The Labute approximate surface area is 83.2 Å². The van der Waals surface area contributed by atoms with Gasteiger partial charge in [0.2, 0.25) is 0 Å². The molecule has 1 N–H and O–H groups in total. The summed E-state index contributed by atoms with van der Waals surface area (Å²) in [5, 5.41) is 8.61. The number of amides is 1. The Balaban J connectivity index is 2.66. The number of nitrogens with zero attached hydrogens (tertiary/aromatic N) is 1. The Hall–Kier alpha value is -1.32. The van der Waals surface area contributed by atoms with Crippen molar-refractivity contribution in [3.63, 3.8) is 0 Å². The molecule has 0 saturated heterocycles. The summed E-state index contributed by atoms with van der Waals surface area (Å²) in [6, 6.07) is 0.0941. The van der Waals surface area contributed by atoms with Crippen molar-refractivity contribution in [3.05, 3.63) is 12.7 Å². The second-order valence-corrected chi connectivity index (χ2v) is 3.49. The fourth-order valence-corrected chi connectivity index (χ4v) is 1.88. The van der Waals surface area contributed by atoms with Crippen LogP contribution in [-0.4, -0.2) is 34.5 Å². The maximum absolute atomic E-state index is 11.3. The maximum Gasteiger partial charge on any atom is 0.394 e. The summed E-state index contributed by atoms with van der Waals surface area (Å²) >= 11 is 0. The van der Waals surface area contributed by atoms with Crippen LogP contribution in [0.2, 0.25) is 0 Å². The predicted molar refractivity (Wildman–Crippen MR) is 51.8 cm³/mol. The van der Waals surface area contributed by atoms with Gasteiger partial charge in [0.25, 0.3) is 0 Å². The van der Waals surface area contributed by atoms with Gasteiger partial charge in [-0.1, -0.05) is 18.9 Å². The van der Waals surface area contributed by atoms with E-state index in [2.05, 4.69) is 6.58 Å². The second kappa shape index (κ2) is 4.79. The quantitative estimate of drug-likeness (QED) is 0.543. The van der Waals surface area contributed by atoms with E-state index in [0.717, 1.165) is 25.7 Å². The average molecular weight is 197 g/mol. The minimum Gasteiger partial charge on any atom is -0.474 e. The van der Waals surface area contributed by atoms with Crippen molar-refractivity contribution in [2.75, 3.05) is 6.54 Å². The summed E-state index contributed by atoms with van der Waals surface area (Å²) in [7, 11) is 0. The lowest BCUT2D eigenvalue weighted by molar-refractivity contribution is -0.156. The predicted octanol–water partition coefficient (Wildman–Crippen LogP) is 1.03. The molecular formula is C10H15NO3. The standard InChI is InChI=1S/C10H15NO3/c1-2-7-11(9(12)10(13)14)8-5-3-4-6-8/h2,8H,1,3-7H2,(H,13,14). The third-order valence-corrected chi connectivity index (χ3v) is 2.54. The van der Waals surface area contributed by atoms with E-state index >= 15 is 0 Å². The fraction of sp³-hybridized carbons (Fsp3) is 0.600. The van der Waals surface area contributed by atoms with Crippen LogP contribution in [0.25, 0.3) is 0 Å². The summed E-state index contributed by atoms with van der Waals surface area (Å²) < 4.78 is 0. The molecule has 0 aromatic rings. The number of carboxylic acid groups (broad SMARTS) is 1. The van der Waals surface area contributed by atoms with Crippen LogP contribution < -0.4 is 0 Å². The van der Waals surface area contributed by atoms with Gasteiger partial charge in [0, 0.05) is 12.6 Å².